The van der Waals surface area contributed by atoms with Crippen molar-refractivity contribution in [2.75, 3.05) is 26.3 Å². The molecule has 3 heterocycles. The molecule has 5 aliphatic rings. The van der Waals surface area contributed by atoms with Gasteiger partial charge in [-0.05, 0) is 62.6 Å². The van der Waals surface area contributed by atoms with E-state index >= 15 is 0 Å². The standard InChI is InChI=1S/C24H30F3NO7S/c25-24(26,27)36(30,31)35-18-6-5-16-12-19-22(29)7-8-23(32-10-11-33-23)20(13-22)34-21(18)17(16)2-1-9-28(19)14-15-3-4-15/h5-6,15,19-20,29H,1-4,7-14H2. The van der Waals surface area contributed by atoms with Gasteiger partial charge in [0.15, 0.2) is 17.6 Å². The van der Waals surface area contributed by atoms with Crippen LogP contribution in [-0.2, 0) is 32.4 Å². The van der Waals surface area contributed by atoms with Crippen molar-refractivity contribution >= 4 is 10.1 Å². The number of nitrogens with zero attached hydrogens (tertiary/aromatic N) is 1. The van der Waals surface area contributed by atoms with E-state index < -0.39 is 38.9 Å². The highest BCUT2D eigenvalue weighted by molar-refractivity contribution is 7.88. The van der Waals surface area contributed by atoms with Gasteiger partial charge in [0.25, 0.3) is 0 Å². The number of rotatable bonds is 4. The van der Waals surface area contributed by atoms with Gasteiger partial charge < -0.3 is 23.5 Å². The zero-order valence-corrected chi connectivity index (χ0v) is 20.6. The first-order valence-electron chi connectivity index (χ1n) is 12.6. The molecular weight excluding hydrogens is 503 g/mol. The van der Waals surface area contributed by atoms with Crippen LogP contribution in [0.1, 0.15) is 49.7 Å². The number of benzene rings is 1. The molecular formula is C24H30F3NO7S. The second-order valence-corrected chi connectivity index (χ2v) is 12.2. The second kappa shape index (κ2) is 8.45. The molecule has 3 atom stereocenters. The van der Waals surface area contributed by atoms with Gasteiger partial charge in [0.05, 0.1) is 18.8 Å². The van der Waals surface area contributed by atoms with Crippen LogP contribution in [0.2, 0.25) is 0 Å². The molecule has 0 amide bonds. The van der Waals surface area contributed by atoms with E-state index in [-0.39, 0.29) is 18.2 Å². The average molecular weight is 534 g/mol. The molecule has 3 unspecified atom stereocenters. The van der Waals surface area contributed by atoms with Crippen LogP contribution in [0, 0.1) is 5.92 Å². The van der Waals surface area contributed by atoms with Crippen molar-refractivity contribution in [3.63, 3.8) is 0 Å². The Hall–Kier alpha value is -1.60. The Morgan fingerprint density at radius 2 is 1.92 bits per heavy atom. The van der Waals surface area contributed by atoms with Crippen LogP contribution in [0.5, 0.6) is 11.5 Å². The van der Waals surface area contributed by atoms with Crippen molar-refractivity contribution in [3.8, 4) is 11.5 Å². The number of hydrogen-bond acceptors (Lipinski definition) is 8. The summed E-state index contributed by atoms with van der Waals surface area (Å²) in [6.07, 6.45) is 4.04. The molecule has 2 aliphatic carbocycles. The molecule has 1 saturated heterocycles. The third kappa shape index (κ3) is 4.18. The second-order valence-electron chi connectivity index (χ2n) is 10.7. The van der Waals surface area contributed by atoms with Gasteiger partial charge in [0, 0.05) is 31.0 Å². The molecule has 8 nitrogen and oxygen atoms in total. The van der Waals surface area contributed by atoms with Crippen molar-refractivity contribution in [1.29, 1.82) is 0 Å². The van der Waals surface area contributed by atoms with E-state index in [1.54, 1.807) is 6.07 Å². The Kier molecular flexibility index (Phi) is 5.81. The fourth-order valence-electron chi connectivity index (χ4n) is 6.31. The highest BCUT2D eigenvalue weighted by Gasteiger charge is 2.58. The van der Waals surface area contributed by atoms with E-state index in [2.05, 4.69) is 9.08 Å². The van der Waals surface area contributed by atoms with Crippen molar-refractivity contribution < 1.29 is 45.1 Å². The third-order valence-electron chi connectivity index (χ3n) is 8.31. The average Bonchev–Trinajstić information content (AvgIpc) is 3.48. The molecule has 1 aromatic rings. The van der Waals surface area contributed by atoms with Crippen LogP contribution in [0.4, 0.5) is 13.2 Å². The Labute approximate surface area is 207 Å². The Morgan fingerprint density at radius 3 is 2.61 bits per heavy atom. The zero-order chi connectivity index (χ0) is 25.3. The fraction of sp³-hybridized carbons (Fsp3) is 0.750. The maximum absolute atomic E-state index is 13.2. The van der Waals surface area contributed by atoms with Gasteiger partial charge in [0.1, 0.15) is 0 Å². The minimum Gasteiger partial charge on any atom is -0.480 e. The van der Waals surface area contributed by atoms with E-state index in [4.69, 9.17) is 14.2 Å². The van der Waals surface area contributed by atoms with E-state index in [1.165, 1.54) is 18.9 Å². The maximum Gasteiger partial charge on any atom is 0.534 e. The SMILES string of the molecule is O=S(=O)(Oc1ccc2c3c1OC1CC(O)(CCC14OCCO4)C(C2)N(CC1CC1)CCC3)C(F)(F)F. The number of ether oxygens (including phenoxy) is 3. The molecule has 6 bridgehead atoms. The van der Waals surface area contributed by atoms with E-state index in [1.807, 2.05) is 0 Å². The largest absolute Gasteiger partial charge is 0.534 e. The molecule has 3 fully saturated rings. The van der Waals surface area contributed by atoms with Gasteiger partial charge in [-0.25, -0.2) is 0 Å². The van der Waals surface area contributed by atoms with Crippen molar-refractivity contribution in [2.24, 2.45) is 5.92 Å². The zero-order valence-electron chi connectivity index (χ0n) is 19.8. The van der Waals surface area contributed by atoms with Crippen LogP contribution in [0.3, 0.4) is 0 Å². The molecule has 3 aliphatic heterocycles. The van der Waals surface area contributed by atoms with Crippen LogP contribution >= 0.6 is 0 Å². The third-order valence-corrected chi connectivity index (χ3v) is 9.28. The molecule has 200 valence electrons. The minimum atomic E-state index is -5.91. The van der Waals surface area contributed by atoms with Gasteiger partial charge in [-0.15, -0.1) is 0 Å². The summed E-state index contributed by atoms with van der Waals surface area (Å²) in [6, 6.07) is 2.61. The number of fused-ring (bicyclic) bond motifs is 5. The lowest BCUT2D eigenvalue weighted by Gasteiger charge is -2.50. The number of aliphatic hydroxyl groups is 1. The topological polar surface area (TPSA) is 94.5 Å². The molecule has 0 aromatic heterocycles. The highest BCUT2D eigenvalue weighted by Crippen LogP contribution is 2.50. The summed E-state index contributed by atoms with van der Waals surface area (Å²) in [7, 11) is -5.91. The van der Waals surface area contributed by atoms with Crippen LogP contribution in [0.15, 0.2) is 12.1 Å². The summed E-state index contributed by atoms with van der Waals surface area (Å²) in [5.74, 6) is -1.10. The molecule has 1 spiro atoms. The quantitative estimate of drug-likeness (QED) is 0.467. The lowest BCUT2D eigenvalue weighted by atomic mass is 9.72. The van der Waals surface area contributed by atoms with Gasteiger partial charge in [-0.3, -0.25) is 4.90 Å². The summed E-state index contributed by atoms with van der Waals surface area (Å²) in [5.41, 5.74) is -5.29. The van der Waals surface area contributed by atoms with E-state index in [9.17, 15) is 26.7 Å². The first-order chi connectivity index (χ1) is 17.0. The predicted octanol–water partition coefficient (Wildman–Crippen LogP) is 2.90. The Morgan fingerprint density at radius 1 is 1.17 bits per heavy atom. The summed E-state index contributed by atoms with van der Waals surface area (Å²) < 4.78 is 86.3. The summed E-state index contributed by atoms with van der Waals surface area (Å²) in [6.45, 7) is 2.27. The van der Waals surface area contributed by atoms with Crippen molar-refractivity contribution in [1.82, 2.24) is 4.90 Å². The number of alkyl halides is 3. The molecule has 1 N–H and O–H groups in total. The van der Waals surface area contributed by atoms with Crippen molar-refractivity contribution in [2.45, 2.75) is 80.4 Å². The highest BCUT2D eigenvalue weighted by atomic mass is 32.2. The van der Waals surface area contributed by atoms with Gasteiger partial charge >= 0.3 is 15.6 Å². The Balaban J connectivity index is 1.47. The summed E-state index contributed by atoms with van der Waals surface area (Å²) in [5, 5.41) is 12.1. The normalized spacial score (nSPS) is 32.2. The van der Waals surface area contributed by atoms with Crippen LogP contribution in [-0.4, -0.2) is 73.8 Å². The van der Waals surface area contributed by atoms with Gasteiger partial charge in [-0.2, -0.15) is 21.6 Å². The first kappa shape index (κ1) is 24.7. The molecule has 6 rings (SSSR count). The number of hydrogen-bond donors (Lipinski definition) is 1. The van der Waals surface area contributed by atoms with Gasteiger partial charge in [-0.1, -0.05) is 6.07 Å². The Bertz CT molecular complexity index is 1130. The first-order valence-corrected chi connectivity index (χ1v) is 14.0. The van der Waals surface area contributed by atoms with Gasteiger partial charge in [0.2, 0.25) is 5.79 Å². The van der Waals surface area contributed by atoms with Crippen molar-refractivity contribution in [3.05, 3.63) is 23.3 Å². The summed E-state index contributed by atoms with van der Waals surface area (Å²) >= 11 is 0. The molecule has 12 heteroatoms. The minimum absolute atomic E-state index is 0.0376. The molecule has 2 saturated carbocycles. The molecule has 0 radical (unpaired) electrons. The lowest BCUT2D eigenvalue weighted by Crippen LogP contribution is -2.63. The van der Waals surface area contributed by atoms with E-state index in [0.29, 0.717) is 56.8 Å². The predicted molar refractivity (Wildman–Crippen MR) is 120 cm³/mol. The number of halogens is 3. The van der Waals surface area contributed by atoms with Crippen LogP contribution < -0.4 is 8.92 Å². The molecule has 36 heavy (non-hydrogen) atoms. The van der Waals surface area contributed by atoms with Crippen LogP contribution in [0.25, 0.3) is 0 Å². The maximum atomic E-state index is 13.2. The molecule has 1 aromatic carbocycles. The monoisotopic (exact) mass is 533 g/mol. The fourth-order valence-corrected chi connectivity index (χ4v) is 6.77. The smallest absolute Gasteiger partial charge is 0.480 e. The van der Waals surface area contributed by atoms with E-state index in [0.717, 1.165) is 18.7 Å². The summed E-state index contributed by atoms with van der Waals surface area (Å²) in [4.78, 5) is 2.37. The lowest BCUT2D eigenvalue weighted by molar-refractivity contribution is -0.259.